The van der Waals surface area contributed by atoms with E-state index in [1.54, 1.807) is 0 Å². The maximum atomic E-state index is 12.5. The fourth-order valence-corrected chi connectivity index (χ4v) is 3.24. The van der Waals surface area contributed by atoms with E-state index in [0.29, 0.717) is 0 Å². The summed E-state index contributed by atoms with van der Waals surface area (Å²) in [6, 6.07) is 8.35. The molecule has 0 saturated carbocycles. The molecule has 11 heteroatoms. The summed E-state index contributed by atoms with van der Waals surface area (Å²) in [6.07, 6.45) is 0. The second kappa shape index (κ2) is 5.65. The number of rotatable bonds is 3. The summed E-state index contributed by atoms with van der Waals surface area (Å²) in [5, 5.41) is 25.5. The molecule has 0 unspecified atom stereocenters. The number of aromatic nitrogens is 3. The van der Waals surface area contributed by atoms with Crippen LogP contribution in [0, 0.1) is 15.3 Å². The Morgan fingerprint density at radius 2 is 1.79 bits per heavy atom. The van der Waals surface area contributed by atoms with Crippen LogP contribution in [0.15, 0.2) is 52.5 Å². The fraction of sp³-hybridized carbons (Fsp3) is 0. The second-order valence-corrected chi connectivity index (χ2v) is 6.93. The van der Waals surface area contributed by atoms with Crippen LogP contribution in [0.2, 0.25) is 5.02 Å². The first-order chi connectivity index (χ1) is 11.3. The van der Waals surface area contributed by atoms with Crippen LogP contribution in [0.25, 0.3) is 11.0 Å². The molecule has 2 aromatic carbocycles. The van der Waals surface area contributed by atoms with E-state index in [0.717, 1.165) is 24.3 Å². The Hall–Kier alpha value is -2.85. The smallest absolute Gasteiger partial charge is 0.319 e. The molecule has 0 spiro atoms. The molecular formula is C13H7ClN4O5S. The van der Waals surface area contributed by atoms with E-state index >= 15 is 0 Å². The highest BCUT2D eigenvalue weighted by Gasteiger charge is 2.26. The van der Waals surface area contributed by atoms with Crippen molar-refractivity contribution in [1.29, 1.82) is 0 Å². The summed E-state index contributed by atoms with van der Waals surface area (Å²) >= 11 is 5.78. The molecule has 0 fully saturated rings. The summed E-state index contributed by atoms with van der Waals surface area (Å²) in [5.41, 5.74) is -0.142. The Labute approximate surface area is 139 Å². The van der Waals surface area contributed by atoms with Gasteiger partial charge in [0.1, 0.15) is 5.52 Å². The highest BCUT2D eigenvalue weighted by atomic mass is 35.5. The van der Waals surface area contributed by atoms with Crippen LogP contribution >= 0.6 is 11.6 Å². The summed E-state index contributed by atoms with van der Waals surface area (Å²) in [6.45, 7) is 0. The maximum Gasteiger partial charge on any atom is 0.319 e. The van der Waals surface area contributed by atoms with Gasteiger partial charge in [0.15, 0.2) is 0 Å². The van der Waals surface area contributed by atoms with Crippen molar-refractivity contribution in [2.45, 2.75) is 10.1 Å². The van der Waals surface area contributed by atoms with Crippen LogP contribution in [0.1, 0.15) is 0 Å². The number of nitro groups is 1. The molecule has 3 aromatic rings. The molecule has 1 aromatic heterocycles. The van der Waals surface area contributed by atoms with Crippen molar-refractivity contribution in [2.75, 3.05) is 0 Å². The van der Waals surface area contributed by atoms with E-state index in [2.05, 4.69) is 10.1 Å². The topological polar surface area (TPSA) is 130 Å². The van der Waals surface area contributed by atoms with Crippen molar-refractivity contribution < 1.29 is 18.2 Å². The lowest BCUT2D eigenvalue weighted by Crippen LogP contribution is -2.34. The number of benzene rings is 2. The SMILES string of the molecule is O=[N+]([O-])c1ccc(S(=O)(=O)c2nc3ccc(Cl)cc3[n+]([O-])n2)cc1. The molecule has 9 nitrogen and oxygen atoms in total. The molecule has 0 radical (unpaired) electrons. The van der Waals surface area contributed by atoms with Gasteiger partial charge in [-0.3, -0.25) is 10.1 Å². The Morgan fingerprint density at radius 1 is 1.12 bits per heavy atom. The van der Waals surface area contributed by atoms with Gasteiger partial charge in [0.05, 0.1) is 9.82 Å². The Morgan fingerprint density at radius 3 is 2.42 bits per heavy atom. The van der Waals surface area contributed by atoms with E-state index in [-0.39, 0.29) is 31.5 Å². The minimum Gasteiger partial charge on any atom is -0.594 e. The highest BCUT2D eigenvalue weighted by molar-refractivity contribution is 7.91. The van der Waals surface area contributed by atoms with Crippen molar-refractivity contribution >= 4 is 38.2 Å². The summed E-state index contributed by atoms with van der Waals surface area (Å²) < 4.78 is 25.0. The van der Waals surface area contributed by atoms with Gasteiger partial charge in [0.2, 0.25) is 9.84 Å². The third kappa shape index (κ3) is 2.72. The Balaban J connectivity index is 2.14. The number of nitro benzene ring substituents is 1. The Kier molecular flexibility index (Phi) is 3.78. The lowest BCUT2D eigenvalue weighted by Gasteiger charge is -2.04. The first-order valence-corrected chi connectivity index (χ1v) is 8.22. The maximum absolute atomic E-state index is 12.5. The van der Waals surface area contributed by atoms with E-state index in [4.69, 9.17) is 11.6 Å². The van der Waals surface area contributed by atoms with Crippen molar-refractivity contribution in [3.63, 3.8) is 0 Å². The fourth-order valence-electron chi connectivity index (χ4n) is 1.97. The number of sulfone groups is 1. The normalized spacial score (nSPS) is 11.5. The van der Waals surface area contributed by atoms with Gasteiger partial charge in [-0.05, 0) is 29.1 Å². The average molecular weight is 367 g/mol. The summed E-state index contributed by atoms with van der Waals surface area (Å²) in [4.78, 5) is 13.7. The van der Waals surface area contributed by atoms with Gasteiger partial charge in [0.25, 0.3) is 11.2 Å². The van der Waals surface area contributed by atoms with Gasteiger partial charge in [-0.1, -0.05) is 11.6 Å². The van der Waals surface area contributed by atoms with Crippen molar-refractivity contribution in [1.82, 2.24) is 10.1 Å². The zero-order valence-electron chi connectivity index (χ0n) is 11.7. The zero-order chi connectivity index (χ0) is 17.5. The van der Waals surface area contributed by atoms with Crippen molar-refractivity contribution in [2.24, 2.45) is 0 Å². The molecule has 1 heterocycles. The van der Waals surface area contributed by atoms with E-state index in [1.165, 1.54) is 18.2 Å². The van der Waals surface area contributed by atoms with Gasteiger partial charge < -0.3 is 5.21 Å². The number of fused-ring (bicyclic) bond motifs is 1. The number of hydrogen-bond donors (Lipinski definition) is 0. The largest absolute Gasteiger partial charge is 0.594 e. The van der Waals surface area contributed by atoms with Crippen LogP contribution in [0.4, 0.5) is 5.69 Å². The van der Waals surface area contributed by atoms with Crippen LogP contribution < -0.4 is 4.85 Å². The monoisotopic (exact) mass is 366 g/mol. The summed E-state index contributed by atoms with van der Waals surface area (Å²) in [7, 11) is -4.20. The summed E-state index contributed by atoms with van der Waals surface area (Å²) in [5.74, 6) is 0. The molecule has 0 aliphatic heterocycles. The number of nitrogens with zero attached hydrogens (tertiary/aromatic N) is 4. The molecule has 0 amide bonds. The molecule has 3 rings (SSSR count). The van der Waals surface area contributed by atoms with Crippen LogP contribution in [0.5, 0.6) is 0 Å². The third-order valence-corrected chi connectivity index (χ3v) is 4.92. The minimum atomic E-state index is -4.20. The lowest BCUT2D eigenvalue weighted by atomic mass is 10.3. The van der Waals surface area contributed by atoms with Gasteiger partial charge in [0, 0.05) is 28.3 Å². The average Bonchev–Trinajstić information content (AvgIpc) is 2.55. The van der Waals surface area contributed by atoms with E-state index in [9.17, 15) is 23.7 Å². The zero-order valence-corrected chi connectivity index (χ0v) is 13.2. The van der Waals surface area contributed by atoms with Crippen molar-refractivity contribution in [3.8, 4) is 0 Å². The number of halogens is 1. The number of hydrogen-bond acceptors (Lipinski definition) is 7. The molecule has 0 aliphatic rings. The standard InChI is InChI=1S/C13H7ClN4O5S/c14-8-1-6-11-12(7-8)17(19)16-13(15-11)24(22,23)10-4-2-9(3-5-10)18(20)21/h1-7H. The molecule has 122 valence electrons. The van der Waals surface area contributed by atoms with Crippen molar-refractivity contribution in [3.05, 3.63) is 62.8 Å². The first-order valence-electron chi connectivity index (χ1n) is 6.36. The third-order valence-electron chi connectivity index (χ3n) is 3.13. The van der Waals surface area contributed by atoms with E-state index in [1.807, 2.05) is 0 Å². The van der Waals surface area contributed by atoms with Crippen LogP contribution in [-0.2, 0) is 9.84 Å². The van der Waals surface area contributed by atoms with Gasteiger partial charge in [-0.2, -0.15) is 0 Å². The molecule has 0 N–H and O–H groups in total. The Bertz CT molecular complexity index is 1070. The van der Waals surface area contributed by atoms with Gasteiger partial charge >= 0.3 is 5.16 Å². The molecule has 0 bridgehead atoms. The van der Waals surface area contributed by atoms with Crippen LogP contribution in [0.3, 0.4) is 0 Å². The predicted molar refractivity (Wildman–Crippen MR) is 82.1 cm³/mol. The molecule has 0 saturated heterocycles. The second-order valence-electron chi connectivity index (χ2n) is 4.65. The highest BCUT2D eigenvalue weighted by Crippen LogP contribution is 2.22. The van der Waals surface area contributed by atoms with Gasteiger partial charge in [-0.15, -0.1) is 0 Å². The first kappa shape index (κ1) is 16.0. The molecule has 0 atom stereocenters. The molecular weight excluding hydrogens is 360 g/mol. The van der Waals surface area contributed by atoms with Gasteiger partial charge in [-0.25, -0.2) is 13.4 Å². The molecule has 24 heavy (non-hydrogen) atoms. The van der Waals surface area contributed by atoms with Crippen LogP contribution in [-0.4, -0.2) is 23.4 Å². The number of non-ortho nitro benzene ring substituents is 1. The lowest BCUT2D eigenvalue weighted by molar-refractivity contribution is -0.647. The quantitative estimate of drug-likeness (QED) is 0.298. The predicted octanol–water partition coefficient (Wildman–Crippen LogP) is 1.66. The minimum absolute atomic E-state index is 0.0187. The molecule has 0 aliphatic carbocycles. The van der Waals surface area contributed by atoms with E-state index < -0.39 is 19.9 Å².